The van der Waals surface area contributed by atoms with Gasteiger partial charge in [-0.05, 0) is 62.2 Å². The third kappa shape index (κ3) is 11.5. The smallest absolute Gasteiger partial charge is 0.411 e. The number of Topliss-reactive ketones (excluding diaryl/α,β-unsaturated/α-hetero) is 2. The van der Waals surface area contributed by atoms with E-state index in [0.717, 1.165) is 10.8 Å². The van der Waals surface area contributed by atoms with Crippen LogP contribution in [0.3, 0.4) is 0 Å². The Hall–Kier alpha value is -8.20. The second-order valence-electron chi connectivity index (χ2n) is 16.5. The number of hydrogen-bond acceptors (Lipinski definition) is 20. The van der Waals surface area contributed by atoms with Crippen LogP contribution < -0.4 is 33.0 Å². The number of ether oxygens (including phenoxy) is 3. The lowest BCUT2D eigenvalue weighted by Gasteiger charge is -2.27. The molecule has 3 aliphatic rings. The standard InChI is InChI=1S/C45H47N11O14S2/c1-20-35(58)34-31(36(59)37(20)68-3)27(17-69-44(47)66)33-21(2)55(19-56(33)34)45(67)70-16-22-4-10-26(11-5-22)72-71-18-29(42(64)65)51-30(57)13-12-28(41(62)63)52-39(60)23-6-8-24(9-7-23)48-14-25-15-49-38-32(50-25)40(61)54-43(46)53-38/h4-11,15,21,27-29,33,48H,12-14,16-19H2,1-3H3,(H2,47,66)(H,51,57)(H,52,60)(H,62,63)(H,64,65)(H3,46,49,53,54,61)/t21-,27+,28-,29-,33?/m0/s1. The van der Waals surface area contributed by atoms with E-state index < -0.39 is 89.6 Å². The Kier molecular flexibility index (Phi) is 16.0. The maximum Gasteiger partial charge on any atom is 0.411 e. The summed E-state index contributed by atoms with van der Waals surface area (Å²) in [6.45, 7) is 2.85. The minimum absolute atomic E-state index is 0.0135. The molecule has 4 heterocycles. The summed E-state index contributed by atoms with van der Waals surface area (Å²) in [6, 6.07) is 8.90. The van der Waals surface area contributed by atoms with Crippen LogP contribution >= 0.6 is 21.6 Å². The topological polar surface area (TPSA) is 371 Å². The molecule has 0 saturated carbocycles. The van der Waals surface area contributed by atoms with Crippen molar-refractivity contribution in [3.05, 3.63) is 105 Å². The number of allylic oxidation sites excluding steroid dienone is 2. The number of carboxylic acid groups (broad SMARTS) is 2. The Morgan fingerprint density at radius 3 is 2.32 bits per heavy atom. The molecule has 1 fully saturated rings. The minimum Gasteiger partial charge on any atom is -0.492 e. The fraction of sp³-hybridized carbons (Fsp3) is 0.333. The Bertz CT molecular complexity index is 2970. The highest BCUT2D eigenvalue weighted by Crippen LogP contribution is 2.46. The van der Waals surface area contributed by atoms with E-state index in [-0.39, 0.29) is 83.9 Å². The predicted octanol–water partition coefficient (Wildman–Crippen LogP) is 1.90. The van der Waals surface area contributed by atoms with Crippen LogP contribution in [-0.4, -0.2) is 138 Å². The molecule has 0 radical (unpaired) electrons. The molecule has 25 nitrogen and oxygen atoms in total. The number of H-pyrrole nitrogens is 1. The molecular weight excluding hydrogens is 983 g/mol. The zero-order valence-corrected chi connectivity index (χ0v) is 40.2. The minimum atomic E-state index is -1.47. The second-order valence-corrected chi connectivity index (χ2v) is 18.9. The quantitative estimate of drug-likeness (QED) is 0.0463. The third-order valence-corrected chi connectivity index (χ3v) is 14.2. The first kappa shape index (κ1) is 51.6. The van der Waals surface area contributed by atoms with E-state index in [1.807, 2.05) is 0 Å². The van der Waals surface area contributed by atoms with E-state index in [1.165, 1.54) is 48.1 Å². The number of methoxy groups -OCH3 is 1. The first-order chi connectivity index (χ1) is 34.3. The van der Waals surface area contributed by atoms with E-state index in [0.29, 0.717) is 21.8 Å². The molecule has 4 amide bonds. The molecule has 7 rings (SSSR count). The molecule has 2 aromatic heterocycles. The summed E-state index contributed by atoms with van der Waals surface area (Å²) < 4.78 is 16.0. The van der Waals surface area contributed by atoms with Crippen molar-refractivity contribution in [2.45, 2.75) is 68.9 Å². The normalized spacial score (nSPS) is 18.0. The van der Waals surface area contributed by atoms with Crippen LogP contribution in [0, 0.1) is 5.92 Å². The summed E-state index contributed by atoms with van der Waals surface area (Å²) in [7, 11) is 3.65. The van der Waals surface area contributed by atoms with E-state index in [4.69, 9.17) is 25.7 Å². The van der Waals surface area contributed by atoms with Gasteiger partial charge in [-0.15, -0.1) is 0 Å². The van der Waals surface area contributed by atoms with Crippen LogP contribution in [0.4, 0.5) is 21.2 Å². The molecule has 0 spiro atoms. The van der Waals surface area contributed by atoms with Gasteiger partial charge in [0.05, 0.1) is 50.0 Å². The lowest BCUT2D eigenvalue weighted by atomic mass is 9.84. The number of nitrogens with one attached hydrogen (secondary N) is 4. The van der Waals surface area contributed by atoms with Crippen LogP contribution in [0.25, 0.3) is 11.2 Å². The molecule has 10 N–H and O–H groups in total. The first-order valence-corrected chi connectivity index (χ1v) is 24.2. The highest BCUT2D eigenvalue weighted by Gasteiger charge is 2.57. The number of ketones is 2. The molecule has 1 saturated heterocycles. The number of anilines is 2. The molecule has 378 valence electrons. The van der Waals surface area contributed by atoms with Crippen molar-refractivity contribution in [1.29, 1.82) is 0 Å². The summed E-state index contributed by atoms with van der Waals surface area (Å²) in [5.74, 6) is -6.18. The number of carbonyl (C=O) groups is 8. The van der Waals surface area contributed by atoms with Gasteiger partial charge in [-0.25, -0.2) is 29.1 Å². The molecule has 27 heteroatoms. The number of nitrogens with two attached hydrogens (primary N) is 2. The molecule has 4 aromatic rings. The molecule has 72 heavy (non-hydrogen) atoms. The van der Waals surface area contributed by atoms with Gasteiger partial charge in [0.2, 0.25) is 23.4 Å². The highest BCUT2D eigenvalue weighted by molar-refractivity contribution is 8.76. The second kappa shape index (κ2) is 22.3. The zero-order chi connectivity index (χ0) is 52.0. The highest BCUT2D eigenvalue weighted by atomic mass is 33.1. The number of benzene rings is 2. The molecular formula is C45H47N11O14S2. The van der Waals surface area contributed by atoms with E-state index in [9.17, 15) is 53.4 Å². The van der Waals surface area contributed by atoms with Crippen LogP contribution in [0.2, 0.25) is 0 Å². The lowest BCUT2D eigenvalue weighted by molar-refractivity contribution is -0.142. The number of aromatic nitrogens is 4. The van der Waals surface area contributed by atoms with Crippen molar-refractivity contribution in [3.8, 4) is 0 Å². The van der Waals surface area contributed by atoms with Gasteiger partial charge in [-0.2, -0.15) is 4.98 Å². The number of rotatable bonds is 20. The fourth-order valence-corrected chi connectivity index (χ4v) is 10.4. The van der Waals surface area contributed by atoms with Gasteiger partial charge < -0.3 is 56.7 Å². The average Bonchev–Trinajstić information content (AvgIpc) is 3.86. The summed E-state index contributed by atoms with van der Waals surface area (Å²) in [4.78, 5) is 132. The number of amides is 4. The Labute approximate surface area is 415 Å². The van der Waals surface area contributed by atoms with Crippen LogP contribution in [0.15, 0.2) is 87.0 Å². The maximum atomic E-state index is 13.5. The molecule has 1 aliphatic carbocycles. The van der Waals surface area contributed by atoms with Crippen LogP contribution in [0.5, 0.6) is 0 Å². The largest absolute Gasteiger partial charge is 0.492 e. The van der Waals surface area contributed by atoms with Crippen molar-refractivity contribution >= 4 is 91.9 Å². The summed E-state index contributed by atoms with van der Waals surface area (Å²) >= 11 is 0. The van der Waals surface area contributed by atoms with Crippen molar-refractivity contribution in [2.75, 3.05) is 37.2 Å². The monoisotopic (exact) mass is 1030 g/mol. The SMILES string of the molecule is COC1=C(C)C(=O)C2=C(C1=O)[C@@H](COC(N)=O)C1[C@H](C)N(C(=O)OCc3ccc(SSC[C@H](NC(=O)CC[C@H](NC(=O)c4ccc(NCc5cnc6nc(N)[nH]c(=O)c6n5)cc4)C(=O)O)C(=O)O)cc3)CN21. The van der Waals surface area contributed by atoms with Gasteiger partial charge in [-0.1, -0.05) is 33.7 Å². The van der Waals surface area contributed by atoms with Crippen LogP contribution in [-0.2, 0) is 51.3 Å². The zero-order valence-electron chi connectivity index (χ0n) is 38.5. The van der Waals surface area contributed by atoms with Gasteiger partial charge in [-0.3, -0.25) is 33.9 Å². The number of nitrogen functional groups attached to an aromatic ring is 1. The van der Waals surface area contributed by atoms with E-state index in [2.05, 4.69) is 35.9 Å². The van der Waals surface area contributed by atoms with Gasteiger partial charge in [0.15, 0.2) is 16.9 Å². The molecule has 2 aromatic carbocycles. The molecule has 1 unspecified atom stereocenters. The third-order valence-electron chi connectivity index (χ3n) is 11.8. The number of primary amides is 1. The Balaban J connectivity index is 0.839. The summed E-state index contributed by atoms with van der Waals surface area (Å²) in [5.41, 5.74) is 12.4. The molecule has 5 atom stereocenters. The summed E-state index contributed by atoms with van der Waals surface area (Å²) in [5, 5.41) is 27.5. The number of fused-ring (bicyclic) bond motifs is 3. The number of hydrogen-bond donors (Lipinski definition) is 8. The van der Waals surface area contributed by atoms with Crippen molar-refractivity contribution in [1.82, 2.24) is 40.4 Å². The van der Waals surface area contributed by atoms with Crippen molar-refractivity contribution in [2.24, 2.45) is 11.7 Å². The number of nitrogens with zero attached hydrogens (tertiary/aromatic N) is 5. The molecule has 0 bridgehead atoms. The van der Waals surface area contributed by atoms with Crippen LogP contribution in [0.1, 0.15) is 48.3 Å². The number of aromatic amines is 1. The average molecular weight is 1030 g/mol. The fourth-order valence-electron chi connectivity index (χ4n) is 8.28. The Morgan fingerprint density at radius 2 is 1.65 bits per heavy atom. The van der Waals surface area contributed by atoms with Crippen molar-refractivity contribution < 1.29 is 62.8 Å². The predicted molar refractivity (Wildman–Crippen MR) is 256 cm³/mol. The number of carboxylic acids is 2. The van der Waals surface area contributed by atoms with Gasteiger partial charge in [0, 0.05) is 45.4 Å². The van der Waals surface area contributed by atoms with Gasteiger partial charge in [0.1, 0.15) is 25.3 Å². The van der Waals surface area contributed by atoms with Gasteiger partial charge >= 0.3 is 24.1 Å². The van der Waals surface area contributed by atoms with E-state index >= 15 is 0 Å². The molecule has 2 aliphatic heterocycles. The van der Waals surface area contributed by atoms with Crippen molar-refractivity contribution in [3.63, 3.8) is 0 Å². The summed E-state index contributed by atoms with van der Waals surface area (Å²) in [6.07, 6.45) is -1.07. The number of aliphatic carboxylic acids is 2. The van der Waals surface area contributed by atoms with Gasteiger partial charge in [0.25, 0.3) is 11.5 Å². The lowest BCUT2D eigenvalue weighted by Crippen LogP contribution is -2.44. The number of carbonyl (C=O) groups excluding carboxylic acids is 6. The first-order valence-electron chi connectivity index (χ1n) is 21.8. The maximum absolute atomic E-state index is 13.5. The van der Waals surface area contributed by atoms with E-state index in [1.54, 1.807) is 48.2 Å². The Morgan fingerprint density at radius 1 is 0.944 bits per heavy atom.